The van der Waals surface area contributed by atoms with Gasteiger partial charge in [0.05, 0.1) is 12.5 Å². The van der Waals surface area contributed by atoms with Crippen LogP contribution in [0.2, 0.25) is 0 Å². The molecule has 1 heterocycles. The van der Waals surface area contributed by atoms with Crippen molar-refractivity contribution in [3.05, 3.63) is 53.9 Å². The topological polar surface area (TPSA) is 61.6 Å². The van der Waals surface area contributed by atoms with Crippen LogP contribution in [0.4, 0.5) is 0 Å². The molecule has 27 heavy (non-hydrogen) atoms. The molecule has 0 amide bonds. The maximum absolute atomic E-state index is 10.9. The summed E-state index contributed by atoms with van der Waals surface area (Å²) in [6.45, 7) is 0.793. The summed E-state index contributed by atoms with van der Waals surface area (Å²) in [4.78, 5) is 15.5. The summed E-state index contributed by atoms with van der Waals surface area (Å²) in [6, 6.07) is 13.2. The molecule has 2 atom stereocenters. The van der Waals surface area contributed by atoms with E-state index in [1.807, 2.05) is 30.3 Å². The first kappa shape index (κ1) is 16.4. The van der Waals surface area contributed by atoms with E-state index in [-0.39, 0.29) is 12.0 Å². The van der Waals surface area contributed by atoms with Crippen LogP contribution in [0.25, 0.3) is 11.1 Å². The minimum Gasteiger partial charge on any atom is -0.493 e. The zero-order chi connectivity index (χ0) is 18.2. The maximum atomic E-state index is 10.9. The van der Waals surface area contributed by atoms with Crippen LogP contribution in [-0.2, 0) is 0 Å². The van der Waals surface area contributed by atoms with Gasteiger partial charge in [0.1, 0.15) is 29.4 Å². The van der Waals surface area contributed by atoms with Crippen molar-refractivity contribution in [1.29, 1.82) is 0 Å². The molecule has 1 aromatic heterocycles. The van der Waals surface area contributed by atoms with E-state index in [4.69, 9.17) is 13.9 Å². The number of fused-ring (bicyclic) bond motifs is 1. The van der Waals surface area contributed by atoms with Crippen molar-refractivity contribution in [2.24, 2.45) is 5.92 Å². The summed E-state index contributed by atoms with van der Waals surface area (Å²) in [6.07, 6.45) is 5.36. The highest BCUT2D eigenvalue weighted by Gasteiger charge is 2.38. The van der Waals surface area contributed by atoms with Crippen molar-refractivity contribution in [2.75, 3.05) is 6.61 Å². The van der Waals surface area contributed by atoms with Crippen molar-refractivity contribution in [2.45, 2.75) is 37.7 Å². The average molecular weight is 363 g/mol. The Bertz CT molecular complexity index is 975. The Kier molecular flexibility index (Phi) is 4.07. The zero-order valence-electron chi connectivity index (χ0n) is 15.0. The highest BCUT2D eigenvalue weighted by atomic mass is 16.5. The normalized spacial score (nSPS) is 21.6. The molecule has 5 nitrogen and oxygen atoms in total. The number of carbonyl (C=O) groups is 1. The van der Waals surface area contributed by atoms with Crippen molar-refractivity contribution in [3.63, 3.8) is 0 Å². The highest BCUT2D eigenvalue weighted by molar-refractivity contribution is 5.83. The first-order valence-electron chi connectivity index (χ1n) is 9.54. The number of aldehydes is 1. The molecule has 3 aromatic rings. The first-order valence-corrected chi connectivity index (χ1v) is 9.54. The number of benzene rings is 2. The van der Waals surface area contributed by atoms with Gasteiger partial charge in [0.25, 0.3) is 0 Å². The predicted octanol–water partition coefficient (Wildman–Crippen LogP) is 4.75. The van der Waals surface area contributed by atoms with Crippen LogP contribution in [0.5, 0.6) is 11.5 Å². The molecule has 138 valence electrons. The molecule has 2 unspecified atom stereocenters. The third kappa shape index (κ3) is 3.42. The van der Waals surface area contributed by atoms with Crippen LogP contribution < -0.4 is 9.47 Å². The molecule has 5 heteroatoms. The van der Waals surface area contributed by atoms with Crippen molar-refractivity contribution in [3.8, 4) is 11.5 Å². The summed E-state index contributed by atoms with van der Waals surface area (Å²) >= 11 is 0. The van der Waals surface area contributed by atoms with E-state index in [1.165, 1.54) is 12.8 Å². The molecule has 2 saturated carbocycles. The number of ether oxygens (including phenoxy) is 2. The van der Waals surface area contributed by atoms with Gasteiger partial charge < -0.3 is 13.9 Å². The SMILES string of the molecule is O=Cc1ccc2nc(C3CCC3Oc3cccc(OCC4CC4)c3)oc2c1. The summed E-state index contributed by atoms with van der Waals surface area (Å²) in [5, 5.41) is 0. The molecule has 2 aromatic carbocycles. The van der Waals surface area contributed by atoms with Gasteiger partial charge in [0, 0.05) is 11.6 Å². The fourth-order valence-corrected chi connectivity index (χ4v) is 3.39. The molecule has 0 radical (unpaired) electrons. The lowest BCUT2D eigenvalue weighted by atomic mass is 9.81. The van der Waals surface area contributed by atoms with Gasteiger partial charge in [-0.3, -0.25) is 4.79 Å². The monoisotopic (exact) mass is 363 g/mol. The van der Waals surface area contributed by atoms with Crippen LogP contribution in [0.1, 0.15) is 47.8 Å². The van der Waals surface area contributed by atoms with E-state index in [2.05, 4.69) is 4.98 Å². The number of hydrogen-bond acceptors (Lipinski definition) is 5. The van der Waals surface area contributed by atoms with Gasteiger partial charge in [-0.1, -0.05) is 6.07 Å². The molecule has 2 fully saturated rings. The largest absolute Gasteiger partial charge is 0.493 e. The fourth-order valence-electron chi connectivity index (χ4n) is 3.39. The smallest absolute Gasteiger partial charge is 0.202 e. The Hall–Kier alpha value is -2.82. The molecular weight excluding hydrogens is 342 g/mol. The second-order valence-corrected chi connectivity index (χ2v) is 7.47. The lowest BCUT2D eigenvalue weighted by molar-refractivity contribution is 0.0769. The van der Waals surface area contributed by atoms with E-state index in [1.54, 1.807) is 12.1 Å². The van der Waals surface area contributed by atoms with Gasteiger partial charge >= 0.3 is 0 Å². The molecule has 0 spiro atoms. The second kappa shape index (κ2) is 6.72. The third-order valence-corrected chi connectivity index (χ3v) is 5.37. The molecular formula is C22H21NO4. The number of hydrogen-bond donors (Lipinski definition) is 0. The number of carbonyl (C=O) groups excluding carboxylic acids is 1. The van der Waals surface area contributed by atoms with E-state index in [0.29, 0.717) is 17.0 Å². The van der Waals surface area contributed by atoms with E-state index >= 15 is 0 Å². The van der Waals surface area contributed by atoms with Gasteiger partial charge in [0.15, 0.2) is 5.58 Å². The van der Waals surface area contributed by atoms with Gasteiger partial charge in [-0.05, 0) is 61.9 Å². The Morgan fingerprint density at radius 1 is 1.07 bits per heavy atom. The standard InChI is InChI=1S/C22H21NO4/c24-12-15-6-8-19-21(10-15)27-22(23-19)18-7-9-20(18)26-17-3-1-2-16(11-17)25-13-14-4-5-14/h1-3,6,8,10-12,14,18,20H,4-5,7,9,13H2. The van der Waals surface area contributed by atoms with Gasteiger partial charge in [-0.2, -0.15) is 0 Å². The van der Waals surface area contributed by atoms with Crippen molar-refractivity contribution >= 4 is 17.4 Å². The van der Waals surface area contributed by atoms with Crippen molar-refractivity contribution in [1.82, 2.24) is 4.98 Å². The number of rotatable bonds is 7. The van der Waals surface area contributed by atoms with E-state index in [0.717, 1.165) is 48.7 Å². The van der Waals surface area contributed by atoms with Crippen LogP contribution >= 0.6 is 0 Å². The molecule has 0 aliphatic heterocycles. The fraction of sp³-hybridized carbons (Fsp3) is 0.364. The summed E-state index contributed by atoms with van der Waals surface area (Å²) in [5.74, 6) is 3.22. The summed E-state index contributed by atoms with van der Waals surface area (Å²) in [5.41, 5.74) is 2.02. The van der Waals surface area contributed by atoms with Gasteiger partial charge in [-0.25, -0.2) is 4.98 Å². The zero-order valence-corrected chi connectivity index (χ0v) is 15.0. The Morgan fingerprint density at radius 2 is 1.96 bits per heavy atom. The van der Waals surface area contributed by atoms with Crippen molar-refractivity contribution < 1.29 is 18.7 Å². The summed E-state index contributed by atoms with van der Waals surface area (Å²) < 4.78 is 17.9. The Morgan fingerprint density at radius 3 is 2.74 bits per heavy atom. The highest BCUT2D eigenvalue weighted by Crippen LogP contribution is 2.40. The van der Waals surface area contributed by atoms with Crippen LogP contribution in [0.3, 0.4) is 0 Å². The number of aromatic nitrogens is 1. The van der Waals surface area contributed by atoms with Gasteiger partial charge in [-0.15, -0.1) is 0 Å². The Balaban J connectivity index is 1.29. The van der Waals surface area contributed by atoms with Crippen LogP contribution in [0, 0.1) is 5.92 Å². The number of oxazole rings is 1. The minimum atomic E-state index is 0.0438. The van der Waals surface area contributed by atoms with Crippen LogP contribution in [0.15, 0.2) is 46.9 Å². The lowest BCUT2D eigenvalue weighted by Gasteiger charge is -2.34. The molecule has 5 rings (SSSR count). The van der Waals surface area contributed by atoms with Gasteiger partial charge in [0.2, 0.25) is 5.89 Å². The van der Waals surface area contributed by atoms with Crippen LogP contribution in [-0.4, -0.2) is 24.0 Å². The molecule has 0 N–H and O–H groups in total. The third-order valence-electron chi connectivity index (χ3n) is 5.37. The number of nitrogens with zero attached hydrogens (tertiary/aromatic N) is 1. The average Bonchev–Trinajstić information content (AvgIpc) is 3.42. The molecule has 2 aliphatic carbocycles. The van der Waals surface area contributed by atoms with E-state index in [9.17, 15) is 4.79 Å². The first-order chi connectivity index (χ1) is 13.3. The summed E-state index contributed by atoms with van der Waals surface area (Å²) in [7, 11) is 0. The second-order valence-electron chi connectivity index (χ2n) is 7.47. The maximum Gasteiger partial charge on any atom is 0.202 e. The lowest BCUT2D eigenvalue weighted by Crippen LogP contribution is -2.34. The Labute approximate surface area is 157 Å². The minimum absolute atomic E-state index is 0.0438. The molecule has 0 saturated heterocycles. The predicted molar refractivity (Wildman–Crippen MR) is 100 cm³/mol. The van der Waals surface area contributed by atoms with E-state index < -0.39 is 0 Å². The molecule has 0 bridgehead atoms. The quantitative estimate of drug-likeness (QED) is 0.567. The molecule has 2 aliphatic rings.